The van der Waals surface area contributed by atoms with Gasteiger partial charge in [-0.1, -0.05) is 24.3 Å². The zero-order valence-corrected chi connectivity index (χ0v) is 16.5. The smallest absolute Gasteiger partial charge is 0.228 e. The maximum Gasteiger partial charge on any atom is 0.228 e. The van der Waals surface area contributed by atoms with E-state index in [1.807, 2.05) is 50.1 Å². The summed E-state index contributed by atoms with van der Waals surface area (Å²) in [4.78, 5) is 20.1. The fourth-order valence-electron chi connectivity index (χ4n) is 5.24. The van der Waals surface area contributed by atoms with E-state index in [0.717, 1.165) is 36.0 Å². The third kappa shape index (κ3) is 3.48. The number of carbonyl (C=O) groups is 1. The Morgan fingerprint density at radius 1 is 1.24 bits per heavy atom. The first-order valence-electron chi connectivity index (χ1n) is 10.5. The molecule has 3 saturated heterocycles. The average Bonchev–Trinajstić information content (AvgIpc) is 3.32. The summed E-state index contributed by atoms with van der Waals surface area (Å²) in [5.74, 6) is 1.91. The molecule has 6 rings (SSSR count). The number of pyridine rings is 1. The average molecular weight is 385 g/mol. The second-order valence-corrected chi connectivity index (χ2v) is 8.29. The van der Waals surface area contributed by atoms with Crippen LogP contribution in [0.2, 0.25) is 0 Å². The second kappa shape index (κ2) is 7.91. The number of nitrogens with zero attached hydrogens (tertiary/aromatic N) is 2. The van der Waals surface area contributed by atoms with Crippen molar-refractivity contribution in [2.24, 2.45) is 11.8 Å². The number of benzene rings is 1. The normalized spacial score (nSPS) is 30.3. The molecule has 4 aliphatic rings. The Labute approximate surface area is 173 Å². The molecule has 1 aromatic heterocycles. The van der Waals surface area contributed by atoms with Gasteiger partial charge >= 0.3 is 0 Å². The zero-order valence-electron chi connectivity index (χ0n) is 16.5. The van der Waals surface area contributed by atoms with Gasteiger partial charge in [-0.05, 0) is 74.6 Å². The first kappa shape index (κ1) is 18.8. The highest BCUT2D eigenvalue weighted by Crippen LogP contribution is 2.42. The molecular weight excluding hydrogens is 358 g/mol. The lowest BCUT2D eigenvalue weighted by atomic mass is 9.73. The molecule has 5 atom stereocenters. The maximum atomic E-state index is 13.0. The van der Waals surface area contributed by atoms with Crippen molar-refractivity contribution in [3.05, 3.63) is 86.3 Å². The van der Waals surface area contributed by atoms with Crippen molar-refractivity contribution in [3.8, 4) is 0 Å². The summed E-state index contributed by atoms with van der Waals surface area (Å²) in [6, 6.07) is 10.5. The van der Waals surface area contributed by atoms with Crippen LogP contribution >= 0.6 is 0 Å². The maximum absolute atomic E-state index is 13.0. The Hall–Kier alpha value is -2.20. The quantitative estimate of drug-likeness (QED) is 0.800. The number of amides is 1. The van der Waals surface area contributed by atoms with Crippen LogP contribution in [0, 0.1) is 43.4 Å². The molecule has 3 aliphatic heterocycles. The third-order valence-corrected chi connectivity index (χ3v) is 6.77. The molecule has 4 heteroatoms. The molecular formula is C25H26N3O. The largest absolute Gasteiger partial charge is 0.347 e. The number of hydrogen-bond acceptors (Lipinski definition) is 3. The highest BCUT2D eigenvalue weighted by Gasteiger charge is 2.43. The molecule has 147 valence electrons. The third-order valence-electron chi connectivity index (χ3n) is 6.77. The summed E-state index contributed by atoms with van der Waals surface area (Å²) in [5.41, 5.74) is 2.13. The van der Waals surface area contributed by atoms with Crippen LogP contribution in [0.4, 0.5) is 0 Å². The molecule has 1 saturated carbocycles. The van der Waals surface area contributed by atoms with Gasteiger partial charge in [0.25, 0.3) is 0 Å². The molecule has 4 fully saturated rings. The molecule has 1 N–H and O–H groups in total. The van der Waals surface area contributed by atoms with E-state index in [1.165, 1.54) is 6.42 Å². The number of nitrogens with one attached hydrogen (secondary N) is 1. The lowest BCUT2D eigenvalue weighted by molar-refractivity contribution is -0.120. The monoisotopic (exact) mass is 384 g/mol. The van der Waals surface area contributed by atoms with Crippen molar-refractivity contribution < 1.29 is 4.79 Å². The molecule has 1 amide bonds. The fourth-order valence-corrected chi connectivity index (χ4v) is 5.24. The topological polar surface area (TPSA) is 45.2 Å². The summed E-state index contributed by atoms with van der Waals surface area (Å²) >= 11 is 0. The highest BCUT2D eigenvalue weighted by molar-refractivity contribution is 5.96. The van der Waals surface area contributed by atoms with Crippen LogP contribution in [0.15, 0.2) is 49.2 Å². The van der Waals surface area contributed by atoms with Gasteiger partial charge < -0.3 is 5.32 Å². The van der Waals surface area contributed by atoms with Gasteiger partial charge in [-0.25, -0.2) is 0 Å². The molecule has 1 aromatic carbocycles. The number of fused-ring (bicyclic) bond motifs is 4. The van der Waals surface area contributed by atoms with Gasteiger partial charge in [-0.15, -0.1) is 6.58 Å². The van der Waals surface area contributed by atoms with Crippen molar-refractivity contribution in [2.75, 3.05) is 13.1 Å². The van der Waals surface area contributed by atoms with E-state index in [-0.39, 0.29) is 18.0 Å². The van der Waals surface area contributed by atoms with Crippen LogP contribution in [0.25, 0.3) is 10.9 Å². The summed E-state index contributed by atoms with van der Waals surface area (Å²) < 4.78 is 0. The van der Waals surface area contributed by atoms with Gasteiger partial charge in [0.15, 0.2) is 0 Å². The predicted octanol–water partition coefficient (Wildman–Crippen LogP) is 3.69. The van der Waals surface area contributed by atoms with Crippen molar-refractivity contribution >= 4 is 16.8 Å². The van der Waals surface area contributed by atoms with Gasteiger partial charge in [0.2, 0.25) is 5.91 Å². The lowest BCUT2D eigenvalue weighted by Crippen LogP contribution is -2.57. The molecule has 4 nitrogen and oxygen atoms in total. The molecule has 1 unspecified atom stereocenters. The number of carbonyl (C=O) groups excluding carboxylic acids is 1. The summed E-state index contributed by atoms with van der Waals surface area (Å²) in [7, 11) is 0. The minimum Gasteiger partial charge on any atom is -0.347 e. The fraction of sp³-hybridized carbons (Fsp3) is 0.320. The number of rotatable bonds is 5. The van der Waals surface area contributed by atoms with Gasteiger partial charge in [-0.2, -0.15) is 0 Å². The number of hydrogen-bond donors (Lipinski definition) is 1. The Kier molecular flexibility index (Phi) is 5.13. The van der Waals surface area contributed by atoms with E-state index >= 15 is 0 Å². The number of para-hydroxylation sites is 1. The first-order valence-corrected chi connectivity index (χ1v) is 10.5. The van der Waals surface area contributed by atoms with E-state index in [0.29, 0.717) is 17.8 Å². The van der Waals surface area contributed by atoms with E-state index in [2.05, 4.69) is 40.0 Å². The number of aromatic nitrogens is 1. The zero-order chi connectivity index (χ0) is 19.8. The van der Waals surface area contributed by atoms with Crippen LogP contribution in [-0.4, -0.2) is 34.9 Å². The summed E-state index contributed by atoms with van der Waals surface area (Å²) in [6.45, 7) is 6.17. The van der Waals surface area contributed by atoms with Crippen LogP contribution < -0.4 is 5.32 Å². The lowest BCUT2D eigenvalue weighted by Gasteiger charge is -2.51. The van der Waals surface area contributed by atoms with E-state index in [4.69, 9.17) is 0 Å². The Morgan fingerprint density at radius 2 is 2.07 bits per heavy atom. The predicted molar refractivity (Wildman–Crippen MR) is 115 cm³/mol. The molecule has 1 aliphatic carbocycles. The SMILES string of the molecule is C=C[C@H]1CN2CC[C@H]1C[C@@H]2[C@H](NC(=O)[C]1[CH][CH][CH][CH]1)c1ccnc2ccccc12. The molecule has 0 spiro atoms. The minimum atomic E-state index is -0.0705. The van der Waals surface area contributed by atoms with Gasteiger partial charge in [0.1, 0.15) is 0 Å². The minimum absolute atomic E-state index is 0.0104. The summed E-state index contributed by atoms with van der Waals surface area (Å²) in [6.07, 6.45) is 13.8. The molecule has 29 heavy (non-hydrogen) atoms. The van der Waals surface area contributed by atoms with Crippen LogP contribution in [0.3, 0.4) is 0 Å². The Balaban J connectivity index is 1.51. The van der Waals surface area contributed by atoms with Crippen LogP contribution in [0.1, 0.15) is 24.4 Å². The first-order chi connectivity index (χ1) is 14.2. The van der Waals surface area contributed by atoms with Crippen molar-refractivity contribution in [1.82, 2.24) is 15.2 Å². The van der Waals surface area contributed by atoms with Crippen molar-refractivity contribution in [2.45, 2.75) is 24.9 Å². The van der Waals surface area contributed by atoms with Gasteiger partial charge in [-0.3, -0.25) is 14.7 Å². The molecule has 5 radical (unpaired) electrons. The van der Waals surface area contributed by atoms with Crippen molar-refractivity contribution in [3.63, 3.8) is 0 Å². The standard InChI is InChI=1S/C25H26N3O/c1-2-17-16-28-14-12-19(17)15-23(28)24(27-25(29)18-7-3-4-8-18)21-11-13-26-22-10-6-5-9-20(21)22/h2-11,13,17,19,23-24H,1,12,14-16H2,(H,27,29)/t17-,19-,23+,24+/m0/s1. The van der Waals surface area contributed by atoms with E-state index < -0.39 is 0 Å². The Morgan fingerprint density at radius 3 is 2.83 bits per heavy atom. The summed E-state index contributed by atoms with van der Waals surface area (Å²) in [5, 5.41) is 4.50. The molecule has 2 aromatic rings. The second-order valence-electron chi connectivity index (χ2n) is 8.29. The van der Waals surface area contributed by atoms with Crippen LogP contribution in [-0.2, 0) is 4.79 Å². The van der Waals surface area contributed by atoms with Gasteiger partial charge in [0, 0.05) is 24.2 Å². The van der Waals surface area contributed by atoms with E-state index in [1.54, 1.807) is 0 Å². The number of piperidine rings is 3. The highest BCUT2D eigenvalue weighted by atomic mass is 16.2. The molecule has 2 bridgehead atoms. The van der Waals surface area contributed by atoms with Crippen LogP contribution in [0.5, 0.6) is 0 Å². The van der Waals surface area contributed by atoms with E-state index in [9.17, 15) is 4.79 Å². The Bertz CT molecular complexity index is 899. The van der Waals surface area contributed by atoms with Crippen molar-refractivity contribution in [1.29, 1.82) is 0 Å². The molecule has 4 heterocycles. The van der Waals surface area contributed by atoms with Gasteiger partial charge in [0.05, 0.1) is 17.5 Å².